The van der Waals surface area contributed by atoms with Gasteiger partial charge in [0.1, 0.15) is 36.1 Å². The minimum Gasteiger partial charge on any atom is -0.494 e. The van der Waals surface area contributed by atoms with Gasteiger partial charge in [-0.25, -0.2) is 8.42 Å². The molecule has 3 aliphatic rings. The number of rotatable bonds is 9. The van der Waals surface area contributed by atoms with E-state index in [2.05, 4.69) is 56.4 Å². The number of hydrogen-bond acceptors (Lipinski definition) is 12. The number of benzene rings is 2. The lowest BCUT2D eigenvalue weighted by Gasteiger charge is -2.43. The smallest absolute Gasteiger partial charge is 0.232 e. The lowest BCUT2D eigenvalue weighted by atomic mass is 10.0. The molecule has 4 aromatic rings. The van der Waals surface area contributed by atoms with E-state index in [1.165, 1.54) is 17.0 Å². The SMILES string of the molecule is COc1cc(N2CCC(N3CCN(C)CC3)CC2)c(C)cc1Nc1nc(Nc2ccc3c(c2N(C)S(C)(=O)=O)OCCO3)c2cc[nH]c2n1. The Balaban J connectivity index is 1.15. The standard InChI is InChI=1S/C34H45N9O5S/c1-22-20-26(29(46-4)21-27(22)43-12-9-23(10-13-43)42-16-14-40(2)15-17-42)37-34-38-32-24(8-11-35-32)33(39-34)36-25-6-7-28-31(48-19-18-47-28)30(25)41(3)49(5,44)45/h6-8,11,20-21,23H,9-10,12-19H2,1-5H3,(H3,35,36,37,38,39). The molecular weight excluding hydrogens is 646 g/mol. The van der Waals surface area contributed by atoms with Crippen molar-refractivity contribution in [2.45, 2.75) is 25.8 Å². The van der Waals surface area contributed by atoms with Crippen molar-refractivity contribution in [3.05, 3.63) is 42.1 Å². The molecule has 0 unspecified atom stereocenters. The summed E-state index contributed by atoms with van der Waals surface area (Å²) in [6.45, 7) is 9.40. The molecule has 15 heteroatoms. The van der Waals surface area contributed by atoms with Crippen LogP contribution in [0.1, 0.15) is 18.4 Å². The maximum Gasteiger partial charge on any atom is 0.232 e. The second-order valence-corrected chi connectivity index (χ2v) is 15.0. The molecule has 0 radical (unpaired) electrons. The van der Waals surface area contributed by atoms with Crippen LogP contribution in [0.2, 0.25) is 0 Å². The number of likely N-dealkylation sites (N-methyl/N-ethyl adjacent to an activating group) is 1. The summed E-state index contributed by atoms with van der Waals surface area (Å²) in [5.41, 5.74) is 4.46. The van der Waals surface area contributed by atoms with Crippen molar-refractivity contribution in [3.8, 4) is 17.2 Å². The number of fused-ring (bicyclic) bond motifs is 2. The van der Waals surface area contributed by atoms with E-state index in [9.17, 15) is 8.42 Å². The summed E-state index contributed by atoms with van der Waals surface area (Å²) >= 11 is 0. The monoisotopic (exact) mass is 691 g/mol. The van der Waals surface area contributed by atoms with Crippen LogP contribution in [0.25, 0.3) is 11.0 Å². The molecule has 49 heavy (non-hydrogen) atoms. The molecule has 0 atom stereocenters. The minimum absolute atomic E-state index is 0.305. The van der Waals surface area contributed by atoms with Crippen LogP contribution in [0.3, 0.4) is 0 Å². The molecular formula is C34H45N9O5S. The summed E-state index contributed by atoms with van der Waals surface area (Å²) in [6, 6.07) is 10.2. The Labute approximate surface area is 287 Å². The van der Waals surface area contributed by atoms with Gasteiger partial charge in [0.25, 0.3) is 0 Å². The largest absolute Gasteiger partial charge is 0.494 e. The zero-order chi connectivity index (χ0) is 34.3. The lowest BCUT2D eigenvalue weighted by molar-refractivity contribution is 0.0982. The topological polar surface area (TPSA) is 140 Å². The van der Waals surface area contributed by atoms with Crippen molar-refractivity contribution < 1.29 is 22.6 Å². The first-order valence-corrected chi connectivity index (χ1v) is 18.6. The molecule has 3 N–H and O–H groups in total. The third kappa shape index (κ3) is 6.74. The van der Waals surface area contributed by atoms with Crippen LogP contribution in [0.15, 0.2) is 36.5 Å². The Hall–Kier alpha value is -4.47. The molecule has 7 rings (SSSR count). The van der Waals surface area contributed by atoms with Crippen molar-refractivity contribution in [1.82, 2.24) is 24.8 Å². The number of anilines is 6. The molecule has 2 fully saturated rings. The second-order valence-electron chi connectivity index (χ2n) is 13.0. The number of piperazine rings is 1. The third-order valence-electron chi connectivity index (χ3n) is 9.79. The summed E-state index contributed by atoms with van der Waals surface area (Å²) in [7, 11) is 1.73. The molecule has 0 bridgehead atoms. The zero-order valence-electron chi connectivity index (χ0n) is 28.7. The van der Waals surface area contributed by atoms with Gasteiger partial charge in [0.2, 0.25) is 16.0 Å². The number of hydrogen-bond donors (Lipinski definition) is 3. The number of nitrogens with zero attached hydrogens (tertiary/aromatic N) is 6. The molecule has 0 spiro atoms. The number of methoxy groups -OCH3 is 1. The summed E-state index contributed by atoms with van der Waals surface area (Å²) in [5.74, 6) is 2.33. The van der Waals surface area contributed by atoms with Crippen LogP contribution in [0, 0.1) is 6.92 Å². The maximum atomic E-state index is 12.7. The minimum atomic E-state index is -3.63. The molecule has 0 aliphatic carbocycles. The van der Waals surface area contributed by atoms with E-state index in [1.54, 1.807) is 25.4 Å². The summed E-state index contributed by atoms with van der Waals surface area (Å²) < 4.78 is 44.1. The van der Waals surface area contributed by atoms with E-state index < -0.39 is 10.0 Å². The zero-order valence-corrected chi connectivity index (χ0v) is 29.6. The van der Waals surface area contributed by atoms with E-state index in [1.807, 2.05) is 6.07 Å². The number of ether oxygens (including phenoxy) is 3. The van der Waals surface area contributed by atoms with Crippen molar-refractivity contribution in [2.75, 3.05) is 99.8 Å². The van der Waals surface area contributed by atoms with Crippen molar-refractivity contribution in [2.24, 2.45) is 0 Å². The fourth-order valence-electron chi connectivity index (χ4n) is 6.96. The Bertz CT molecular complexity index is 1940. The Morgan fingerprint density at radius 1 is 0.980 bits per heavy atom. The van der Waals surface area contributed by atoms with Gasteiger partial charge in [-0.1, -0.05) is 0 Å². The maximum absolute atomic E-state index is 12.7. The first kappa shape index (κ1) is 33.0. The van der Waals surface area contributed by atoms with Crippen LogP contribution in [-0.4, -0.2) is 119 Å². The van der Waals surface area contributed by atoms with Gasteiger partial charge in [-0.2, -0.15) is 9.97 Å². The highest BCUT2D eigenvalue weighted by Crippen LogP contribution is 2.46. The van der Waals surface area contributed by atoms with E-state index in [4.69, 9.17) is 24.2 Å². The van der Waals surface area contributed by atoms with Gasteiger partial charge < -0.3 is 39.6 Å². The predicted molar refractivity (Wildman–Crippen MR) is 193 cm³/mol. The van der Waals surface area contributed by atoms with Gasteiger partial charge in [0, 0.05) is 70.3 Å². The number of sulfonamides is 1. The molecule has 5 heterocycles. The van der Waals surface area contributed by atoms with E-state index in [0.717, 1.165) is 75.0 Å². The van der Waals surface area contributed by atoms with Crippen molar-refractivity contribution in [1.29, 1.82) is 0 Å². The van der Waals surface area contributed by atoms with E-state index in [0.29, 0.717) is 65.3 Å². The van der Waals surface area contributed by atoms with Crippen LogP contribution >= 0.6 is 0 Å². The van der Waals surface area contributed by atoms with Gasteiger partial charge in [-0.15, -0.1) is 0 Å². The lowest BCUT2D eigenvalue weighted by Crippen LogP contribution is -2.52. The van der Waals surface area contributed by atoms with Crippen LogP contribution in [0.4, 0.5) is 34.5 Å². The van der Waals surface area contributed by atoms with Gasteiger partial charge in [0.15, 0.2) is 11.5 Å². The quantitative estimate of drug-likeness (QED) is 0.232. The molecule has 262 valence electrons. The fourth-order valence-corrected chi connectivity index (χ4v) is 7.48. The Morgan fingerprint density at radius 3 is 2.47 bits per heavy atom. The summed E-state index contributed by atoms with van der Waals surface area (Å²) in [6.07, 6.45) is 5.23. The van der Waals surface area contributed by atoms with Crippen LogP contribution in [0.5, 0.6) is 17.2 Å². The summed E-state index contributed by atoms with van der Waals surface area (Å²) in [4.78, 5) is 20.3. The number of aromatic amines is 1. The van der Waals surface area contributed by atoms with Gasteiger partial charge >= 0.3 is 0 Å². The molecule has 0 saturated carbocycles. The van der Waals surface area contributed by atoms with E-state index >= 15 is 0 Å². The van der Waals surface area contributed by atoms with Gasteiger partial charge in [-0.3, -0.25) is 9.21 Å². The van der Waals surface area contributed by atoms with Crippen molar-refractivity contribution in [3.63, 3.8) is 0 Å². The highest BCUT2D eigenvalue weighted by molar-refractivity contribution is 7.92. The number of nitrogens with one attached hydrogen (secondary N) is 3. The molecule has 3 aliphatic heterocycles. The van der Waals surface area contributed by atoms with Crippen LogP contribution < -0.4 is 34.0 Å². The Kier molecular flexibility index (Phi) is 9.07. The predicted octanol–water partition coefficient (Wildman–Crippen LogP) is 4.15. The second kappa shape index (κ2) is 13.4. The molecule has 2 saturated heterocycles. The normalized spacial score (nSPS) is 17.7. The van der Waals surface area contributed by atoms with E-state index in [-0.39, 0.29) is 0 Å². The molecule has 0 amide bonds. The van der Waals surface area contributed by atoms with Gasteiger partial charge in [0.05, 0.1) is 30.1 Å². The highest BCUT2D eigenvalue weighted by atomic mass is 32.2. The van der Waals surface area contributed by atoms with Crippen LogP contribution in [-0.2, 0) is 10.0 Å². The molecule has 2 aromatic carbocycles. The fraction of sp³-hybridized carbons (Fsp3) is 0.471. The number of H-pyrrole nitrogens is 1. The highest BCUT2D eigenvalue weighted by Gasteiger charge is 2.29. The average molecular weight is 692 g/mol. The number of aromatic nitrogens is 3. The summed E-state index contributed by atoms with van der Waals surface area (Å²) in [5, 5.41) is 7.46. The Morgan fingerprint density at radius 2 is 1.73 bits per heavy atom. The van der Waals surface area contributed by atoms with Crippen molar-refractivity contribution >= 4 is 55.6 Å². The molecule has 14 nitrogen and oxygen atoms in total. The first-order valence-electron chi connectivity index (χ1n) is 16.7. The molecule has 2 aromatic heterocycles. The number of piperidine rings is 1. The van der Waals surface area contributed by atoms with Gasteiger partial charge in [-0.05, 0) is 56.6 Å². The average Bonchev–Trinajstić information content (AvgIpc) is 3.57. The number of aryl methyl sites for hydroxylation is 1. The first-order chi connectivity index (χ1) is 23.6. The third-order valence-corrected chi connectivity index (χ3v) is 11.0.